The predicted molar refractivity (Wildman–Crippen MR) is 64.3 cm³/mol. The lowest BCUT2D eigenvalue weighted by molar-refractivity contribution is -0.0968. The molecular weight excluding hydrogens is 202 g/mol. The molecule has 1 aliphatic heterocycles. The van der Waals surface area contributed by atoms with E-state index < -0.39 is 11.2 Å². The highest BCUT2D eigenvalue weighted by Crippen LogP contribution is 2.41. The largest absolute Gasteiger partial charge is 0.390 e. The van der Waals surface area contributed by atoms with Crippen molar-refractivity contribution in [2.24, 2.45) is 5.92 Å². The van der Waals surface area contributed by atoms with Crippen LogP contribution in [0.5, 0.6) is 0 Å². The second kappa shape index (κ2) is 4.28. The van der Waals surface area contributed by atoms with E-state index in [2.05, 4.69) is 11.9 Å². The average Bonchev–Trinajstić information content (AvgIpc) is 2.22. The van der Waals surface area contributed by atoms with Gasteiger partial charge >= 0.3 is 0 Å². The van der Waals surface area contributed by atoms with Gasteiger partial charge in [0.1, 0.15) is 0 Å². The van der Waals surface area contributed by atoms with Crippen LogP contribution >= 0.6 is 0 Å². The summed E-state index contributed by atoms with van der Waals surface area (Å²) in [6, 6.07) is 0. The maximum atomic E-state index is 10.7. The van der Waals surface area contributed by atoms with E-state index in [1.165, 1.54) is 0 Å². The minimum Gasteiger partial charge on any atom is -0.390 e. The summed E-state index contributed by atoms with van der Waals surface area (Å²) >= 11 is 0. The summed E-state index contributed by atoms with van der Waals surface area (Å²) in [5.41, 5.74) is -0.943. The van der Waals surface area contributed by atoms with Gasteiger partial charge in [0.05, 0.1) is 11.2 Å². The quantitative estimate of drug-likeness (QED) is 0.711. The fourth-order valence-electron chi connectivity index (χ4n) is 3.19. The van der Waals surface area contributed by atoms with Crippen LogP contribution in [0, 0.1) is 5.92 Å². The normalized spacial score (nSPS) is 40.9. The Morgan fingerprint density at radius 3 is 2.00 bits per heavy atom. The molecule has 2 fully saturated rings. The number of nitrogens with zero attached hydrogens (tertiary/aromatic N) is 1. The third kappa shape index (κ3) is 2.58. The molecule has 1 heterocycles. The third-order valence-electron chi connectivity index (χ3n) is 4.68. The molecule has 0 aromatic carbocycles. The number of aliphatic hydroxyl groups is 2. The van der Waals surface area contributed by atoms with Crippen molar-refractivity contribution in [2.45, 2.75) is 56.7 Å². The molecule has 0 spiro atoms. The summed E-state index contributed by atoms with van der Waals surface area (Å²) < 4.78 is 0. The zero-order chi connectivity index (χ0) is 11.8. The van der Waals surface area contributed by atoms with Crippen LogP contribution in [0.2, 0.25) is 0 Å². The lowest BCUT2D eigenvalue weighted by Crippen LogP contribution is -2.49. The summed E-state index contributed by atoms with van der Waals surface area (Å²) in [5.74, 6) is 0.404. The predicted octanol–water partition coefficient (Wildman–Crippen LogP) is 1.38. The highest BCUT2D eigenvalue weighted by Gasteiger charge is 2.42. The molecular formula is C13H25NO2. The summed E-state index contributed by atoms with van der Waals surface area (Å²) in [4.78, 5) is 2.29. The Labute approximate surface area is 98.5 Å². The molecule has 3 heteroatoms. The molecule has 3 nitrogen and oxygen atoms in total. The van der Waals surface area contributed by atoms with Gasteiger partial charge in [0.25, 0.3) is 0 Å². The first-order chi connectivity index (χ1) is 7.41. The second-order valence-corrected chi connectivity index (χ2v) is 6.18. The van der Waals surface area contributed by atoms with Gasteiger partial charge in [-0.25, -0.2) is 0 Å². The highest BCUT2D eigenvalue weighted by atomic mass is 16.3. The van der Waals surface area contributed by atoms with E-state index in [4.69, 9.17) is 0 Å². The van der Waals surface area contributed by atoms with E-state index in [0.29, 0.717) is 5.92 Å². The van der Waals surface area contributed by atoms with Crippen LogP contribution in [0.15, 0.2) is 0 Å². The monoisotopic (exact) mass is 227 g/mol. The molecule has 0 aromatic heterocycles. The number of hydrogen-bond donors (Lipinski definition) is 2. The summed E-state index contributed by atoms with van der Waals surface area (Å²) in [7, 11) is 2.12. The van der Waals surface area contributed by atoms with Crippen molar-refractivity contribution in [1.29, 1.82) is 0 Å². The van der Waals surface area contributed by atoms with Crippen molar-refractivity contribution >= 4 is 0 Å². The number of hydrogen-bond acceptors (Lipinski definition) is 3. The van der Waals surface area contributed by atoms with E-state index in [0.717, 1.165) is 51.6 Å². The molecule has 16 heavy (non-hydrogen) atoms. The van der Waals surface area contributed by atoms with Crippen LogP contribution in [-0.4, -0.2) is 46.5 Å². The first kappa shape index (κ1) is 12.3. The molecule has 0 unspecified atom stereocenters. The van der Waals surface area contributed by atoms with Crippen molar-refractivity contribution in [3.05, 3.63) is 0 Å². The zero-order valence-electron chi connectivity index (χ0n) is 10.6. The van der Waals surface area contributed by atoms with Crippen LogP contribution in [-0.2, 0) is 0 Å². The Hall–Kier alpha value is -0.120. The minimum absolute atomic E-state index is 0.404. The molecule has 1 aliphatic carbocycles. The fraction of sp³-hybridized carbons (Fsp3) is 1.00. The van der Waals surface area contributed by atoms with E-state index in [1.807, 2.05) is 6.92 Å². The maximum absolute atomic E-state index is 10.7. The van der Waals surface area contributed by atoms with Gasteiger partial charge in [-0.1, -0.05) is 0 Å². The Kier molecular flexibility index (Phi) is 3.30. The van der Waals surface area contributed by atoms with Gasteiger partial charge in [0, 0.05) is 13.1 Å². The van der Waals surface area contributed by atoms with Crippen LogP contribution < -0.4 is 0 Å². The summed E-state index contributed by atoms with van der Waals surface area (Å²) in [6.07, 6.45) is 5.44. The van der Waals surface area contributed by atoms with Gasteiger partial charge < -0.3 is 15.1 Å². The maximum Gasteiger partial charge on any atom is 0.0700 e. The molecule has 0 amide bonds. The van der Waals surface area contributed by atoms with Crippen molar-refractivity contribution in [3.63, 3.8) is 0 Å². The van der Waals surface area contributed by atoms with Gasteiger partial charge in [-0.15, -0.1) is 0 Å². The standard InChI is InChI=1S/C13H25NO2/c1-12(15)5-3-11(4-6-12)13(16)7-9-14(2)10-8-13/h11,15-16H,3-10H2,1-2H3. The van der Waals surface area contributed by atoms with E-state index >= 15 is 0 Å². The Morgan fingerprint density at radius 2 is 1.50 bits per heavy atom. The highest BCUT2D eigenvalue weighted by molar-refractivity contribution is 4.95. The first-order valence-electron chi connectivity index (χ1n) is 6.55. The van der Waals surface area contributed by atoms with E-state index in [-0.39, 0.29) is 0 Å². The topological polar surface area (TPSA) is 43.7 Å². The molecule has 0 aromatic rings. The third-order valence-corrected chi connectivity index (χ3v) is 4.68. The molecule has 94 valence electrons. The Morgan fingerprint density at radius 1 is 1.00 bits per heavy atom. The number of rotatable bonds is 1. The molecule has 1 saturated carbocycles. The van der Waals surface area contributed by atoms with Gasteiger partial charge in [-0.05, 0) is 58.4 Å². The second-order valence-electron chi connectivity index (χ2n) is 6.18. The van der Waals surface area contributed by atoms with Gasteiger partial charge in [0.15, 0.2) is 0 Å². The van der Waals surface area contributed by atoms with Crippen molar-refractivity contribution < 1.29 is 10.2 Å². The molecule has 0 radical (unpaired) electrons. The molecule has 2 N–H and O–H groups in total. The molecule has 1 saturated heterocycles. The SMILES string of the molecule is CN1CCC(O)(C2CCC(C)(O)CC2)CC1. The molecule has 0 atom stereocenters. The average molecular weight is 227 g/mol. The van der Waals surface area contributed by atoms with E-state index in [1.54, 1.807) is 0 Å². The van der Waals surface area contributed by atoms with Crippen LogP contribution in [0.3, 0.4) is 0 Å². The van der Waals surface area contributed by atoms with E-state index in [9.17, 15) is 10.2 Å². The van der Waals surface area contributed by atoms with Crippen molar-refractivity contribution in [3.8, 4) is 0 Å². The Bertz CT molecular complexity index is 234. The smallest absolute Gasteiger partial charge is 0.0700 e. The lowest BCUT2D eigenvalue weighted by atomic mass is 9.69. The van der Waals surface area contributed by atoms with Crippen LogP contribution in [0.1, 0.15) is 45.4 Å². The Balaban J connectivity index is 1.93. The van der Waals surface area contributed by atoms with Gasteiger partial charge in [-0.2, -0.15) is 0 Å². The lowest BCUT2D eigenvalue weighted by Gasteiger charge is -2.45. The minimum atomic E-state index is -0.488. The molecule has 2 aliphatic rings. The molecule has 0 bridgehead atoms. The van der Waals surface area contributed by atoms with Gasteiger partial charge in [0.2, 0.25) is 0 Å². The number of likely N-dealkylation sites (tertiary alicyclic amines) is 1. The van der Waals surface area contributed by atoms with Crippen LogP contribution in [0.4, 0.5) is 0 Å². The first-order valence-corrected chi connectivity index (χ1v) is 6.55. The summed E-state index contributed by atoms with van der Waals surface area (Å²) in [5, 5.41) is 20.6. The van der Waals surface area contributed by atoms with Crippen molar-refractivity contribution in [1.82, 2.24) is 4.90 Å². The fourth-order valence-corrected chi connectivity index (χ4v) is 3.19. The molecule has 2 rings (SSSR count). The zero-order valence-corrected chi connectivity index (χ0v) is 10.6. The van der Waals surface area contributed by atoms with Crippen molar-refractivity contribution in [2.75, 3.05) is 20.1 Å². The number of piperidine rings is 1. The van der Waals surface area contributed by atoms with Gasteiger partial charge in [-0.3, -0.25) is 0 Å². The van der Waals surface area contributed by atoms with Crippen LogP contribution in [0.25, 0.3) is 0 Å². The summed E-state index contributed by atoms with van der Waals surface area (Å²) in [6.45, 7) is 3.93.